The molecule has 1 N–H and O–H groups in total. The molecule has 1 amide bonds. The highest BCUT2D eigenvalue weighted by atomic mass is 19.1. The van der Waals surface area contributed by atoms with Crippen LogP contribution in [0.4, 0.5) is 10.1 Å². The van der Waals surface area contributed by atoms with E-state index in [0.717, 1.165) is 37.8 Å². The molecule has 2 aromatic rings. The minimum Gasteiger partial charge on any atom is -0.452 e. The summed E-state index contributed by atoms with van der Waals surface area (Å²) in [5, 5.41) is 2.65. The van der Waals surface area contributed by atoms with Gasteiger partial charge >= 0.3 is 5.97 Å². The highest BCUT2D eigenvalue weighted by Gasteiger charge is 2.44. The van der Waals surface area contributed by atoms with E-state index >= 15 is 0 Å². The first-order valence-electron chi connectivity index (χ1n) is 8.78. The van der Waals surface area contributed by atoms with E-state index in [9.17, 15) is 14.0 Å². The van der Waals surface area contributed by atoms with Crippen LogP contribution in [0, 0.1) is 5.82 Å². The average Bonchev–Trinajstić information content (AvgIpc) is 3.26. The molecule has 140 valence electrons. The van der Waals surface area contributed by atoms with Crippen molar-refractivity contribution >= 4 is 17.6 Å². The second-order valence-corrected chi connectivity index (χ2v) is 6.61. The summed E-state index contributed by atoms with van der Waals surface area (Å²) in [6.07, 6.45) is 3.83. The molecule has 1 saturated carbocycles. The van der Waals surface area contributed by atoms with Crippen molar-refractivity contribution in [2.45, 2.75) is 31.5 Å². The summed E-state index contributed by atoms with van der Waals surface area (Å²) in [5.41, 5.74) is 0.698. The van der Waals surface area contributed by atoms with Crippen LogP contribution in [0.25, 0.3) is 0 Å². The van der Waals surface area contributed by atoms with Crippen LogP contribution < -0.4 is 14.8 Å². The number of hydrogen-bond acceptors (Lipinski definition) is 5. The molecule has 0 radical (unpaired) electrons. The molecule has 0 bridgehead atoms. The summed E-state index contributed by atoms with van der Waals surface area (Å²) in [4.78, 5) is 23.9. The Kier molecular flexibility index (Phi) is 4.43. The minimum atomic E-state index is -0.695. The highest BCUT2D eigenvalue weighted by Crippen LogP contribution is 2.47. The molecule has 0 atom stereocenters. The molecule has 2 aliphatic rings. The number of carbonyl (C=O) groups is 2. The van der Waals surface area contributed by atoms with E-state index in [1.807, 2.05) is 0 Å². The molecule has 6 nitrogen and oxygen atoms in total. The molecular weight excluding hydrogens is 353 g/mol. The third kappa shape index (κ3) is 3.72. The lowest BCUT2D eigenvalue weighted by molar-refractivity contribution is -0.119. The van der Waals surface area contributed by atoms with Crippen molar-refractivity contribution in [2.75, 3.05) is 11.9 Å². The largest absolute Gasteiger partial charge is 0.452 e. The smallest absolute Gasteiger partial charge is 0.338 e. The lowest BCUT2D eigenvalue weighted by Gasteiger charge is -2.21. The van der Waals surface area contributed by atoms with Gasteiger partial charge in [0.05, 0.1) is 5.56 Å². The number of rotatable bonds is 4. The van der Waals surface area contributed by atoms with Gasteiger partial charge in [-0.15, -0.1) is 0 Å². The van der Waals surface area contributed by atoms with Crippen LogP contribution in [-0.4, -0.2) is 24.3 Å². The van der Waals surface area contributed by atoms with E-state index in [4.69, 9.17) is 14.2 Å². The lowest BCUT2D eigenvalue weighted by atomic mass is 10.2. The van der Waals surface area contributed by atoms with Crippen LogP contribution in [0.1, 0.15) is 36.0 Å². The van der Waals surface area contributed by atoms with Crippen molar-refractivity contribution in [3.05, 3.63) is 53.8 Å². The molecule has 1 fully saturated rings. The van der Waals surface area contributed by atoms with Gasteiger partial charge in [0, 0.05) is 24.6 Å². The van der Waals surface area contributed by atoms with Crippen LogP contribution in [0.2, 0.25) is 0 Å². The van der Waals surface area contributed by atoms with E-state index in [0.29, 0.717) is 17.2 Å². The number of anilines is 1. The van der Waals surface area contributed by atoms with Gasteiger partial charge in [0.15, 0.2) is 18.1 Å². The molecule has 0 saturated heterocycles. The molecule has 1 aliphatic carbocycles. The Balaban J connectivity index is 1.33. The summed E-state index contributed by atoms with van der Waals surface area (Å²) in [6.45, 7) is -0.450. The normalized spacial score (nSPS) is 16.3. The zero-order chi connectivity index (χ0) is 18.9. The molecule has 4 rings (SSSR count). The molecule has 0 aromatic heterocycles. The summed E-state index contributed by atoms with van der Waals surface area (Å²) in [5.74, 6) is -0.934. The summed E-state index contributed by atoms with van der Waals surface area (Å²) < 4.78 is 29.7. The monoisotopic (exact) mass is 371 g/mol. The van der Waals surface area contributed by atoms with Gasteiger partial charge in [0.2, 0.25) is 0 Å². The fourth-order valence-corrected chi connectivity index (χ4v) is 3.29. The second kappa shape index (κ2) is 6.90. The highest BCUT2D eigenvalue weighted by molar-refractivity contribution is 5.95. The van der Waals surface area contributed by atoms with Gasteiger partial charge in [-0.25, -0.2) is 9.18 Å². The third-order valence-electron chi connectivity index (χ3n) is 4.60. The predicted molar refractivity (Wildman–Crippen MR) is 94.2 cm³/mol. The molecule has 27 heavy (non-hydrogen) atoms. The van der Waals surface area contributed by atoms with Crippen LogP contribution in [0.15, 0.2) is 42.5 Å². The van der Waals surface area contributed by atoms with Crippen molar-refractivity contribution in [3.8, 4) is 11.5 Å². The van der Waals surface area contributed by atoms with E-state index in [-0.39, 0.29) is 5.56 Å². The number of hydrogen-bond donors (Lipinski definition) is 1. The average molecular weight is 371 g/mol. The van der Waals surface area contributed by atoms with Crippen molar-refractivity contribution in [1.29, 1.82) is 0 Å². The number of benzene rings is 2. The maximum atomic E-state index is 12.9. The van der Waals surface area contributed by atoms with Crippen LogP contribution >= 0.6 is 0 Å². The van der Waals surface area contributed by atoms with Crippen LogP contribution in [0.5, 0.6) is 11.5 Å². The van der Waals surface area contributed by atoms with E-state index in [1.165, 1.54) is 12.1 Å². The number of fused-ring (bicyclic) bond motifs is 1. The Labute approximate surface area is 155 Å². The number of halogens is 1. The Morgan fingerprint density at radius 1 is 1.04 bits per heavy atom. The SMILES string of the molecule is O=C(COC(=O)c1ccc(F)cc1)Nc1ccc2c(c1)OC1(CCCC1)O2. The minimum absolute atomic E-state index is 0.175. The zero-order valence-corrected chi connectivity index (χ0v) is 14.5. The predicted octanol–water partition coefficient (Wildman–Crippen LogP) is 3.66. The number of ether oxygens (including phenoxy) is 3. The van der Waals surface area contributed by atoms with Gasteiger partial charge in [0.1, 0.15) is 5.82 Å². The second-order valence-electron chi connectivity index (χ2n) is 6.61. The third-order valence-corrected chi connectivity index (χ3v) is 4.60. The summed E-state index contributed by atoms with van der Waals surface area (Å²) in [6, 6.07) is 10.1. The molecule has 1 aliphatic heterocycles. The number of carbonyl (C=O) groups excluding carboxylic acids is 2. The first-order valence-corrected chi connectivity index (χ1v) is 8.78. The summed E-state index contributed by atoms with van der Waals surface area (Å²) >= 11 is 0. The Morgan fingerprint density at radius 2 is 1.74 bits per heavy atom. The van der Waals surface area contributed by atoms with Gasteiger partial charge in [-0.3, -0.25) is 4.79 Å². The summed E-state index contributed by atoms with van der Waals surface area (Å²) in [7, 11) is 0. The van der Waals surface area contributed by atoms with Crippen molar-refractivity contribution in [3.63, 3.8) is 0 Å². The molecule has 7 heteroatoms. The lowest BCUT2D eigenvalue weighted by Crippen LogP contribution is -2.34. The Hall–Kier alpha value is -3.09. The van der Waals surface area contributed by atoms with E-state index < -0.39 is 30.1 Å². The quantitative estimate of drug-likeness (QED) is 0.831. The maximum absolute atomic E-state index is 12.9. The van der Waals surface area contributed by atoms with Crippen molar-refractivity contribution in [1.82, 2.24) is 0 Å². The van der Waals surface area contributed by atoms with Gasteiger partial charge in [-0.1, -0.05) is 0 Å². The molecule has 1 heterocycles. The molecule has 0 unspecified atom stereocenters. The number of esters is 1. The van der Waals surface area contributed by atoms with Crippen LogP contribution in [-0.2, 0) is 9.53 Å². The van der Waals surface area contributed by atoms with Gasteiger partial charge < -0.3 is 19.5 Å². The molecule has 2 aromatic carbocycles. The first kappa shape index (κ1) is 17.3. The fourth-order valence-electron chi connectivity index (χ4n) is 3.29. The molecule has 1 spiro atoms. The van der Waals surface area contributed by atoms with Gasteiger partial charge in [-0.05, 0) is 49.2 Å². The Bertz CT molecular complexity index is 874. The van der Waals surface area contributed by atoms with Crippen LogP contribution in [0.3, 0.4) is 0 Å². The zero-order valence-electron chi connectivity index (χ0n) is 14.5. The molecular formula is C20H18FNO5. The Morgan fingerprint density at radius 3 is 2.48 bits per heavy atom. The van der Waals surface area contributed by atoms with Crippen molar-refractivity contribution in [2.24, 2.45) is 0 Å². The van der Waals surface area contributed by atoms with Gasteiger partial charge in [-0.2, -0.15) is 0 Å². The number of amides is 1. The number of nitrogens with one attached hydrogen (secondary N) is 1. The van der Waals surface area contributed by atoms with Crippen molar-refractivity contribution < 1.29 is 28.2 Å². The maximum Gasteiger partial charge on any atom is 0.338 e. The topological polar surface area (TPSA) is 73.9 Å². The standard InChI is InChI=1S/C20H18FNO5/c21-14-5-3-13(4-6-14)19(24)25-12-18(23)22-15-7-8-16-17(11-15)27-20(26-16)9-1-2-10-20/h3-8,11H,1-2,9-10,12H2,(H,22,23). The fraction of sp³-hybridized carbons (Fsp3) is 0.300. The van der Waals surface area contributed by atoms with E-state index in [2.05, 4.69) is 5.32 Å². The first-order chi connectivity index (χ1) is 13.0. The van der Waals surface area contributed by atoms with Gasteiger partial charge in [0.25, 0.3) is 11.7 Å². The van der Waals surface area contributed by atoms with E-state index in [1.54, 1.807) is 18.2 Å².